The summed E-state index contributed by atoms with van der Waals surface area (Å²) in [6.07, 6.45) is 10.0. The predicted octanol–water partition coefficient (Wildman–Crippen LogP) is 2.96. The molecule has 8 heteroatoms. The lowest BCUT2D eigenvalue weighted by molar-refractivity contribution is -0.135. The third-order valence-corrected chi connectivity index (χ3v) is 2.82. The first-order valence-corrected chi connectivity index (χ1v) is 7.73. The molecule has 0 aliphatic carbocycles. The molecule has 0 saturated heterocycles. The van der Waals surface area contributed by atoms with Crippen LogP contribution < -0.4 is 0 Å². The second-order valence-electron chi connectivity index (χ2n) is 5.07. The molecular weight excluding hydrogens is 338 g/mol. The minimum Gasteiger partial charge on any atom is -0.481 e. The van der Waals surface area contributed by atoms with E-state index >= 15 is 0 Å². The Balaban J connectivity index is 0.000000360. The van der Waals surface area contributed by atoms with Crippen LogP contribution in [0.1, 0.15) is 19.4 Å². The lowest BCUT2D eigenvalue weighted by Crippen LogP contribution is -2.02. The van der Waals surface area contributed by atoms with Gasteiger partial charge in [0, 0.05) is 45.2 Å². The van der Waals surface area contributed by atoms with Gasteiger partial charge in [-0.15, -0.1) is 0 Å². The molecule has 0 saturated carbocycles. The van der Waals surface area contributed by atoms with E-state index in [1.54, 1.807) is 18.7 Å². The fraction of sp³-hybridized carbons (Fsp3) is 0.222. The van der Waals surface area contributed by atoms with Crippen LogP contribution in [0.4, 0.5) is 0 Å². The molecule has 3 aromatic rings. The van der Waals surface area contributed by atoms with Crippen molar-refractivity contribution >= 4 is 11.9 Å². The van der Waals surface area contributed by atoms with Crippen molar-refractivity contribution in [1.82, 2.24) is 14.5 Å². The summed E-state index contributed by atoms with van der Waals surface area (Å²) in [5.74, 6) is -0.00456. The molecule has 0 radical (unpaired) electrons. The fourth-order valence-corrected chi connectivity index (χ4v) is 1.92. The Morgan fingerprint density at radius 2 is 1.81 bits per heavy atom. The van der Waals surface area contributed by atoms with E-state index in [1.165, 1.54) is 5.56 Å². The molecule has 138 valence electrons. The topological polar surface area (TPSA) is 118 Å². The molecule has 0 unspecified atom stereocenters. The van der Waals surface area contributed by atoms with Crippen molar-refractivity contribution in [1.29, 1.82) is 0 Å². The Kier molecular flexibility index (Phi) is 8.88. The van der Waals surface area contributed by atoms with Crippen molar-refractivity contribution in [2.45, 2.75) is 26.8 Å². The zero-order valence-corrected chi connectivity index (χ0v) is 14.6. The fourth-order valence-electron chi connectivity index (χ4n) is 1.92. The molecule has 0 spiro atoms. The first-order valence-electron chi connectivity index (χ1n) is 7.73. The van der Waals surface area contributed by atoms with Gasteiger partial charge in [-0.2, -0.15) is 0 Å². The molecule has 0 aliphatic heterocycles. The van der Waals surface area contributed by atoms with Crippen LogP contribution in [-0.2, 0) is 22.6 Å². The normalized spacial score (nSPS) is 9.31. The van der Waals surface area contributed by atoms with Gasteiger partial charge in [0.25, 0.3) is 11.9 Å². The number of hydrogen-bond acceptors (Lipinski definition) is 5. The molecule has 0 aromatic carbocycles. The van der Waals surface area contributed by atoms with Crippen LogP contribution in [0.25, 0.3) is 11.6 Å². The van der Waals surface area contributed by atoms with E-state index in [4.69, 9.17) is 24.2 Å². The zero-order chi connectivity index (χ0) is 19.4. The highest BCUT2D eigenvalue weighted by Crippen LogP contribution is 2.17. The van der Waals surface area contributed by atoms with Gasteiger partial charge in [0.15, 0.2) is 11.6 Å². The number of rotatable bonds is 4. The molecular formula is C18H21N3O5. The number of pyridine rings is 1. The van der Waals surface area contributed by atoms with Crippen LogP contribution in [0.15, 0.2) is 59.7 Å². The van der Waals surface area contributed by atoms with Crippen LogP contribution >= 0.6 is 0 Å². The standard InChI is InChI=1S/C14H13N3O.2C2H4O2/c1-3-12(11-15-6-1)5-8-17-9-7-16-14(17)13-4-2-10-18-13;2*1-2(3)4/h1-4,6-7,9-11H,5,8H2;2*1H3,(H,3,4). The van der Waals surface area contributed by atoms with Crippen molar-refractivity contribution in [3.63, 3.8) is 0 Å². The van der Waals surface area contributed by atoms with Crippen LogP contribution in [0.3, 0.4) is 0 Å². The van der Waals surface area contributed by atoms with Gasteiger partial charge in [0.05, 0.1) is 6.26 Å². The third kappa shape index (κ3) is 8.44. The molecule has 0 aliphatic rings. The lowest BCUT2D eigenvalue weighted by Gasteiger charge is -2.05. The molecule has 3 heterocycles. The number of furan rings is 1. The van der Waals surface area contributed by atoms with E-state index in [-0.39, 0.29) is 0 Å². The highest BCUT2D eigenvalue weighted by atomic mass is 16.4. The lowest BCUT2D eigenvalue weighted by atomic mass is 10.2. The Labute approximate surface area is 150 Å². The van der Waals surface area contributed by atoms with E-state index in [0.29, 0.717) is 0 Å². The SMILES string of the molecule is CC(=O)O.CC(=O)O.c1cncc(CCn2ccnc2-c2ccco2)c1. The molecule has 3 rings (SSSR count). The number of aliphatic carboxylic acids is 2. The maximum atomic E-state index is 9.00. The molecule has 26 heavy (non-hydrogen) atoms. The monoisotopic (exact) mass is 359 g/mol. The molecule has 8 nitrogen and oxygen atoms in total. The number of imidazole rings is 1. The zero-order valence-electron chi connectivity index (χ0n) is 14.6. The van der Waals surface area contributed by atoms with Crippen LogP contribution in [-0.4, -0.2) is 36.7 Å². The number of aromatic nitrogens is 3. The number of aryl methyl sites for hydroxylation is 2. The van der Waals surface area contributed by atoms with Crippen molar-refractivity contribution < 1.29 is 24.2 Å². The van der Waals surface area contributed by atoms with Gasteiger partial charge in [-0.3, -0.25) is 14.6 Å². The summed E-state index contributed by atoms with van der Waals surface area (Å²) in [5, 5.41) is 14.8. The summed E-state index contributed by atoms with van der Waals surface area (Å²) in [6, 6.07) is 7.82. The Bertz CT molecular complexity index is 762. The molecule has 0 amide bonds. The average Bonchev–Trinajstić information content (AvgIpc) is 3.24. The molecule has 0 fully saturated rings. The van der Waals surface area contributed by atoms with Gasteiger partial charge in [0.2, 0.25) is 0 Å². The number of hydrogen-bond donors (Lipinski definition) is 2. The van der Waals surface area contributed by atoms with Gasteiger partial charge in [-0.05, 0) is 30.2 Å². The number of nitrogens with zero attached hydrogens (tertiary/aromatic N) is 3. The molecule has 0 atom stereocenters. The summed E-state index contributed by atoms with van der Waals surface area (Å²) >= 11 is 0. The first kappa shape index (κ1) is 20.6. The van der Waals surface area contributed by atoms with Crippen LogP contribution in [0, 0.1) is 0 Å². The smallest absolute Gasteiger partial charge is 0.300 e. The van der Waals surface area contributed by atoms with E-state index in [0.717, 1.165) is 38.4 Å². The van der Waals surface area contributed by atoms with Gasteiger partial charge >= 0.3 is 0 Å². The highest BCUT2D eigenvalue weighted by molar-refractivity contribution is 5.63. The second kappa shape index (κ2) is 11.2. The Hall–Kier alpha value is -3.42. The summed E-state index contributed by atoms with van der Waals surface area (Å²) in [5.41, 5.74) is 1.22. The van der Waals surface area contributed by atoms with Crippen molar-refractivity contribution in [2.75, 3.05) is 0 Å². The minimum atomic E-state index is -0.833. The minimum absolute atomic E-state index is 0.797. The van der Waals surface area contributed by atoms with Gasteiger partial charge in [0.1, 0.15) is 0 Å². The van der Waals surface area contributed by atoms with Gasteiger partial charge in [-0.25, -0.2) is 4.98 Å². The maximum absolute atomic E-state index is 9.00. The largest absolute Gasteiger partial charge is 0.481 e. The second-order valence-corrected chi connectivity index (χ2v) is 5.07. The van der Waals surface area contributed by atoms with E-state index < -0.39 is 11.9 Å². The van der Waals surface area contributed by atoms with Crippen LogP contribution in [0.5, 0.6) is 0 Å². The summed E-state index contributed by atoms with van der Waals surface area (Å²) < 4.78 is 7.46. The highest BCUT2D eigenvalue weighted by Gasteiger charge is 2.08. The van der Waals surface area contributed by atoms with Crippen molar-refractivity contribution in [3.8, 4) is 11.6 Å². The molecule has 3 aromatic heterocycles. The number of carboxylic acid groups (broad SMARTS) is 2. The van der Waals surface area contributed by atoms with Crippen LogP contribution in [0.2, 0.25) is 0 Å². The van der Waals surface area contributed by atoms with Crippen molar-refractivity contribution in [2.24, 2.45) is 0 Å². The van der Waals surface area contributed by atoms with Crippen molar-refractivity contribution in [3.05, 3.63) is 60.9 Å². The van der Waals surface area contributed by atoms with Gasteiger partial charge < -0.3 is 19.2 Å². The Morgan fingerprint density at radius 1 is 1.12 bits per heavy atom. The summed E-state index contributed by atoms with van der Waals surface area (Å²) in [6.45, 7) is 3.03. The van der Waals surface area contributed by atoms with E-state index in [1.807, 2.05) is 30.6 Å². The molecule has 0 bridgehead atoms. The Morgan fingerprint density at radius 3 is 2.35 bits per heavy atom. The quantitative estimate of drug-likeness (QED) is 0.735. The first-order chi connectivity index (χ1) is 12.4. The number of carbonyl (C=O) groups is 2. The summed E-state index contributed by atoms with van der Waals surface area (Å²) in [7, 11) is 0. The maximum Gasteiger partial charge on any atom is 0.300 e. The summed E-state index contributed by atoms with van der Waals surface area (Å²) in [4.78, 5) is 26.4. The predicted molar refractivity (Wildman–Crippen MR) is 94.5 cm³/mol. The number of carboxylic acids is 2. The van der Waals surface area contributed by atoms with E-state index in [2.05, 4.69) is 20.6 Å². The average molecular weight is 359 g/mol. The third-order valence-electron chi connectivity index (χ3n) is 2.82. The van der Waals surface area contributed by atoms with E-state index in [9.17, 15) is 0 Å². The van der Waals surface area contributed by atoms with Gasteiger partial charge in [-0.1, -0.05) is 6.07 Å². The molecule has 2 N–H and O–H groups in total.